The van der Waals surface area contributed by atoms with Crippen molar-refractivity contribution >= 4 is 22.6 Å². The molecule has 0 radical (unpaired) electrons. The van der Waals surface area contributed by atoms with Gasteiger partial charge in [-0.1, -0.05) is 62.2 Å². The standard InChI is InChI=1S/C21H26N2O2/c1-15-7-2-5-12-19(15)23-21(25)14-22-20(24)13-17-10-6-9-16-8-3-4-11-18(16)17/h3-4,6,8-11,15,19H,2,5,7,12-14H2,1H3,(H,22,24)(H,23,25). The molecule has 2 aromatic rings. The molecule has 0 spiro atoms. The van der Waals surface area contributed by atoms with Crippen LogP contribution >= 0.6 is 0 Å². The average Bonchev–Trinajstić information content (AvgIpc) is 2.62. The Morgan fingerprint density at radius 3 is 2.60 bits per heavy atom. The Bertz CT molecular complexity index is 751. The van der Waals surface area contributed by atoms with Crippen LogP contribution in [0, 0.1) is 5.92 Å². The van der Waals surface area contributed by atoms with Gasteiger partial charge in [-0.15, -0.1) is 0 Å². The summed E-state index contributed by atoms with van der Waals surface area (Å²) in [4.78, 5) is 24.3. The first-order chi connectivity index (χ1) is 12.1. The lowest BCUT2D eigenvalue weighted by molar-refractivity contribution is -0.126. The molecule has 25 heavy (non-hydrogen) atoms. The van der Waals surface area contributed by atoms with Gasteiger partial charge in [-0.2, -0.15) is 0 Å². The smallest absolute Gasteiger partial charge is 0.239 e. The van der Waals surface area contributed by atoms with Gasteiger partial charge in [0.15, 0.2) is 0 Å². The largest absolute Gasteiger partial charge is 0.352 e. The first kappa shape index (κ1) is 17.5. The minimum absolute atomic E-state index is 0.0484. The van der Waals surface area contributed by atoms with Crippen LogP contribution in [0.1, 0.15) is 38.2 Å². The summed E-state index contributed by atoms with van der Waals surface area (Å²) in [5, 5.41) is 8.02. The number of nitrogens with one attached hydrogen (secondary N) is 2. The number of carbonyl (C=O) groups is 2. The van der Waals surface area contributed by atoms with Crippen LogP contribution in [0.5, 0.6) is 0 Å². The lowest BCUT2D eigenvalue weighted by Gasteiger charge is -2.29. The van der Waals surface area contributed by atoms with Crippen LogP contribution in [0.2, 0.25) is 0 Å². The molecule has 0 saturated heterocycles. The van der Waals surface area contributed by atoms with Gasteiger partial charge >= 0.3 is 0 Å². The van der Waals surface area contributed by atoms with Crippen LogP contribution in [0.3, 0.4) is 0 Å². The first-order valence-corrected chi connectivity index (χ1v) is 9.16. The van der Waals surface area contributed by atoms with Gasteiger partial charge in [-0.25, -0.2) is 0 Å². The number of amides is 2. The summed E-state index contributed by atoms with van der Waals surface area (Å²) in [7, 11) is 0. The molecule has 0 bridgehead atoms. The van der Waals surface area contributed by atoms with E-state index < -0.39 is 0 Å². The molecule has 2 N–H and O–H groups in total. The highest BCUT2D eigenvalue weighted by atomic mass is 16.2. The van der Waals surface area contributed by atoms with Gasteiger partial charge in [0, 0.05) is 6.04 Å². The van der Waals surface area contributed by atoms with Gasteiger partial charge in [0.25, 0.3) is 0 Å². The highest BCUT2D eigenvalue weighted by Gasteiger charge is 2.22. The number of rotatable bonds is 5. The fourth-order valence-electron chi connectivity index (χ4n) is 3.65. The molecule has 2 aromatic carbocycles. The molecule has 0 aromatic heterocycles. The molecule has 1 aliphatic carbocycles. The fraction of sp³-hybridized carbons (Fsp3) is 0.429. The third-order valence-corrected chi connectivity index (χ3v) is 5.13. The van der Waals surface area contributed by atoms with E-state index in [4.69, 9.17) is 0 Å². The molecule has 2 amide bonds. The maximum atomic E-state index is 12.2. The molecule has 0 aliphatic heterocycles. The van der Waals surface area contributed by atoms with E-state index in [2.05, 4.69) is 17.6 Å². The van der Waals surface area contributed by atoms with Crippen molar-refractivity contribution in [1.29, 1.82) is 0 Å². The fourth-order valence-corrected chi connectivity index (χ4v) is 3.65. The number of hydrogen-bond acceptors (Lipinski definition) is 2. The van der Waals surface area contributed by atoms with Crippen LogP contribution in [0.25, 0.3) is 10.8 Å². The zero-order valence-corrected chi connectivity index (χ0v) is 14.8. The highest BCUT2D eigenvalue weighted by Crippen LogP contribution is 2.23. The Morgan fingerprint density at radius 2 is 1.76 bits per heavy atom. The second kappa shape index (κ2) is 8.15. The Morgan fingerprint density at radius 1 is 1.00 bits per heavy atom. The SMILES string of the molecule is CC1CCCCC1NC(=O)CNC(=O)Cc1cccc2ccccc12. The van der Waals surface area contributed by atoms with Gasteiger partial charge in [-0.3, -0.25) is 9.59 Å². The maximum Gasteiger partial charge on any atom is 0.239 e. The predicted molar refractivity (Wildman–Crippen MR) is 100 cm³/mol. The van der Waals surface area contributed by atoms with Crippen LogP contribution in [-0.2, 0) is 16.0 Å². The van der Waals surface area contributed by atoms with E-state index in [9.17, 15) is 9.59 Å². The predicted octanol–water partition coefficient (Wildman–Crippen LogP) is 3.19. The summed E-state index contributed by atoms with van der Waals surface area (Å²) in [5.41, 5.74) is 0.983. The van der Waals surface area contributed by atoms with Crippen LogP contribution in [0.15, 0.2) is 42.5 Å². The van der Waals surface area contributed by atoms with Crippen molar-refractivity contribution in [2.75, 3.05) is 6.54 Å². The lowest BCUT2D eigenvalue weighted by Crippen LogP contribution is -2.45. The van der Waals surface area contributed by atoms with E-state index in [-0.39, 0.29) is 30.8 Å². The van der Waals surface area contributed by atoms with Crippen LogP contribution < -0.4 is 10.6 Å². The zero-order valence-electron chi connectivity index (χ0n) is 14.8. The van der Waals surface area contributed by atoms with E-state index >= 15 is 0 Å². The quantitative estimate of drug-likeness (QED) is 0.879. The third kappa shape index (κ3) is 4.59. The maximum absolute atomic E-state index is 12.2. The summed E-state index contributed by atoms with van der Waals surface area (Å²) in [6.07, 6.45) is 4.90. The second-order valence-electron chi connectivity index (χ2n) is 7.03. The monoisotopic (exact) mass is 338 g/mol. The van der Waals surface area contributed by atoms with E-state index in [1.54, 1.807) is 0 Å². The van der Waals surface area contributed by atoms with Crippen LogP contribution in [-0.4, -0.2) is 24.4 Å². The first-order valence-electron chi connectivity index (χ1n) is 9.16. The molecule has 132 valence electrons. The Kier molecular flexibility index (Phi) is 5.69. The number of benzene rings is 2. The molecule has 1 fully saturated rings. The van der Waals surface area contributed by atoms with Gasteiger partial charge < -0.3 is 10.6 Å². The van der Waals surface area contributed by atoms with Crippen molar-refractivity contribution in [2.45, 2.75) is 45.1 Å². The number of carbonyl (C=O) groups excluding carboxylic acids is 2. The van der Waals surface area contributed by atoms with E-state index in [0.717, 1.165) is 22.8 Å². The Balaban J connectivity index is 1.51. The second-order valence-corrected chi connectivity index (χ2v) is 7.03. The minimum atomic E-state index is -0.122. The summed E-state index contributed by atoms with van der Waals surface area (Å²) >= 11 is 0. The Labute approximate surface area is 149 Å². The molecule has 1 saturated carbocycles. The van der Waals surface area contributed by atoms with Crippen molar-refractivity contribution in [3.05, 3.63) is 48.0 Å². The lowest BCUT2D eigenvalue weighted by atomic mass is 9.86. The van der Waals surface area contributed by atoms with E-state index in [0.29, 0.717) is 5.92 Å². The summed E-state index contributed by atoms with van der Waals surface area (Å²) < 4.78 is 0. The average molecular weight is 338 g/mol. The van der Waals surface area contributed by atoms with Crippen molar-refractivity contribution < 1.29 is 9.59 Å². The van der Waals surface area contributed by atoms with Gasteiger partial charge in [0.05, 0.1) is 13.0 Å². The zero-order chi connectivity index (χ0) is 17.6. The molecule has 2 atom stereocenters. The summed E-state index contributed by atoms with van der Waals surface area (Å²) in [5.74, 6) is 0.303. The number of fused-ring (bicyclic) bond motifs is 1. The van der Waals surface area contributed by atoms with Crippen molar-refractivity contribution in [3.8, 4) is 0 Å². The minimum Gasteiger partial charge on any atom is -0.352 e. The normalized spacial score (nSPS) is 20.2. The van der Waals surface area contributed by atoms with Crippen LogP contribution in [0.4, 0.5) is 0 Å². The van der Waals surface area contributed by atoms with Crippen molar-refractivity contribution in [3.63, 3.8) is 0 Å². The molecule has 1 aliphatic rings. The summed E-state index contributed by atoms with van der Waals surface area (Å²) in [6.45, 7) is 2.23. The van der Waals surface area contributed by atoms with Crippen molar-refractivity contribution in [1.82, 2.24) is 10.6 Å². The molecule has 4 nitrogen and oxygen atoms in total. The van der Waals surface area contributed by atoms with Gasteiger partial charge in [0.2, 0.25) is 11.8 Å². The molecule has 0 heterocycles. The van der Waals surface area contributed by atoms with Gasteiger partial charge in [0.1, 0.15) is 0 Å². The number of hydrogen-bond donors (Lipinski definition) is 2. The molecule has 3 rings (SSSR count). The summed E-state index contributed by atoms with van der Waals surface area (Å²) in [6, 6.07) is 14.2. The third-order valence-electron chi connectivity index (χ3n) is 5.13. The molecular formula is C21H26N2O2. The highest BCUT2D eigenvalue weighted by molar-refractivity contribution is 5.91. The molecule has 2 unspecified atom stereocenters. The van der Waals surface area contributed by atoms with E-state index in [1.165, 1.54) is 19.3 Å². The molecule has 4 heteroatoms. The van der Waals surface area contributed by atoms with E-state index in [1.807, 2.05) is 42.5 Å². The van der Waals surface area contributed by atoms with Crippen molar-refractivity contribution in [2.24, 2.45) is 5.92 Å². The Hall–Kier alpha value is -2.36. The molecular weight excluding hydrogens is 312 g/mol. The topological polar surface area (TPSA) is 58.2 Å². The van der Waals surface area contributed by atoms with Gasteiger partial charge in [-0.05, 0) is 35.1 Å².